The third kappa shape index (κ3) is 3.49. The number of ether oxygens (including phenoxy) is 1. The first kappa shape index (κ1) is 15.3. The number of nitrogens with zero attached hydrogens (tertiary/aromatic N) is 3. The van der Waals surface area contributed by atoms with Gasteiger partial charge in [-0.25, -0.2) is 9.48 Å². The van der Waals surface area contributed by atoms with Gasteiger partial charge in [0.25, 0.3) is 0 Å². The lowest BCUT2D eigenvalue weighted by Crippen LogP contribution is -2.31. The molecular weight excluding hydrogens is 256 g/mol. The van der Waals surface area contributed by atoms with E-state index in [1.165, 1.54) is 0 Å². The quantitative estimate of drug-likeness (QED) is 0.757. The summed E-state index contributed by atoms with van der Waals surface area (Å²) < 4.78 is 8.81. The molecule has 1 aliphatic heterocycles. The highest BCUT2D eigenvalue weighted by Crippen LogP contribution is 2.20. The molecule has 1 N–H and O–H groups in total. The lowest BCUT2D eigenvalue weighted by molar-refractivity contribution is 0.123. The molecule has 1 aromatic heterocycles. The van der Waals surface area contributed by atoms with Crippen LogP contribution in [0.1, 0.15) is 44.9 Å². The molecule has 0 bridgehead atoms. The van der Waals surface area contributed by atoms with Gasteiger partial charge in [0.1, 0.15) is 5.82 Å². The topological polar surface area (TPSA) is 61.1 Å². The van der Waals surface area contributed by atoms with Gasteiger partial charge in [-0.1, -0.05) is 6.92 Å². The monoisotopic (exact) mass is 282 g/mol. The fraction of sp³-hybridized carbons (Fsp3) is 0.857. The van der Waals surface area contributed by atoms with E-state index < -0.39 is 0 Å². The lowest BCUT2D eigenvalue weighted by atomic mass is 9.99. The molecule has 6 nitrogen and oxygen atoms in total. The summed E-state index contributed by atoms with van der Waals surface area (Å²) in [7, 11) is 0. The van der Waals surface area contributed by atoms with E-state index in [-0.39, 0.29) is 5.69 Å². The lowest BCUT2D eigenvalue weighted by Gasteiger charge is -2.21. The van der Waals surface area contributed by atoms with E-state index in [4.69, 9.17) is 4.74 Å². The fourth-order valence-corrected chi connectivity index (χ4v) is 2.67. The molecule has 0 aliphatic carbocycles. The molecule has 1 atom stereocenters. The highest BCUT2D eigenvalue weighted by Gasteiger charge is 2.23. The Morgan fingerprint density at radius 2 is 2.25 bits per heavy atom. The summed E-state index contributed by atoms with van der Waals surface area (Å²) in [5.41, 5.74) is -0.00632. The third-order valence-corrected chi connectivity index (χ3v) is 3.73. The smallest absolute Gasteiger partial charge is 0.345 e. The molecule has 1 aromatic rings. The van der Waals surface area contributed by atoms with Gasteiger partial charge in [0.15, 0.2) is 0 Å². The molecule has 20 heavy (non-hydrogen) atoms. The summed E-state index contributed by atoms with van der Waals surface area (Å²) in [4.78, 5) is 12.3. The van der Waals surface area contributed by atoms with Crippen molar-refractivity contribution in [2.45, 2.75) is 52.1 Å². The number of hydrogen-bond acceptors (Lipinski definition) is 4. The first-order valence-electron chi connectivity index (χ1n) is 7.73. The normalized spacial score (nSPS) is 19.4. The third-order valence-electron chi connectivity index (χ3n) is 3.73. The Morgan fingerprint density at radius 3 is 2.90 bits per heavy atom. The minimum absolute atomic E-state index is 0.00632. The molecule has 0 radical (unpaired) electrons. The molecule has 1 saturated heterocycles. The maximum Gasteiger partial charge on any atom is 0.345 e. The molecule has 0 spiro atoms. The molecule has 0 aromatic carbocycles. The van der Waals surface area contributed by atoms with Crippen LogP contribution in [0.2, 0.25) is 0 Å². The molecule has 1 fully saturated rings. The zero-order valence-corrected chi connectivity index (χ0v) is 12.6. The van der Waals surface area contributed by atoms with Crippen LogP contribution in [0.3, 0.4) is 0 Å². The van der Waals surface area contributed by atoms with Crippen molar-refractivity contribution in [3.8, 4) is 0 Å². The van der Waals surface area contributed by atoms with Gasteiger partial charge in [0, 0.05) is 25.6 Å². The number of piperidine rings is 1. The van der Waals surface area contributed by atoms with E-state index in [1.807, 2.05) is 6.92 Å². The average Bonchev–Trinajstić information content (AvgIpc) is 2.81. The second-order valence-corrected chi connectivity index (χ2v) is 5.26. The van der Waals surface area contributed by atoms with Crippen molar-refractivity contribution in [2.24, 2.45) is 0 Å². The largest absolute Gasteiger partial charge is 0.380 e. The molecule has 0 amide bonds. The fourth-order valence-electron chi connectivity index (χ4n) is 2.67. The van der Waals surface area contributed by atoms with Gasteiger partial charge in [0.05, 0.1) is 13.2 Å². The Kier molecular flexibility index (Phi) is 5.79. The number of nitrogens with one attached hydrogen (secondary N) is 1. The summed E-state index contributed by atoms with van der Waals surface area (Å²) in [6.07, 6.45) is 3.25. The Balaban J connectivity index is 2.09. The molecular formula is C14H26N4O2. The maximum absolute atomic E-state index is 12.3. The van der Waals surface area contributed by atoms with Crippen molar-refractivity contribution in [3.63, 3.8) is 0 Å². The second kappa shape index (κ2) is 7.59. The molecule has 1 aliphatic rings. The van der Waals surface area contributed by atoms with Gasteiger partial charge >= 0.3 is 5.69 Å². The Hall–Kier alpha value is -1.14. The first-order chi connectivity index (χ1) is 9.77. The highest BCUT2D eigenvalue weighted by molar-refractivity contribution is 5.00. The number of hydrogen-bond donors (Lipinski definition) is 1. The van der Waals surface area contributed by atoms with E-state index in [1.54, 1.807) is 9.25 Å². The van der Waals surface area contributed by atoms with E-state index in [0.29, 0.717) is 25.6 Å². The molecule has 0 saturated carbocycles. The van der Waals surface area contributed by atoms with Gasteiger partial charge in [-0.2, -0.15) is 5.10 Å². The van der Waals surface area contributed by atoms with Gasteiger partial charge in [0.2, 0.25) is 0 Å². The molecule has 2 rings (SSSR count). The Morgan fingerprint density at radius 1 is 1.40 bits per heavy atom. The van der Waals surface area contributed by atoms with Crippen LogP contribution in [0.4, 0.5) is 0 Å². The van der Waals surface area contributed by atoms with Crippen LogP contribution in [0, 0.1) is 0 Å². The van der Waals surface area contributed by atoms with Crippen molar-refractivity contribution in [1.82, 2.24) is 19.7 Å². The number of rotatable bonds is 7. The van der Waals surface area contributed by atoms with Crippen LogP contribution >= 0.6 is 0 Å². The van der Waals surface area contributed by atoms with Crippen LogP contribution in [0.5, 0.6) is 0 Å². The second-order valence-electron chi connectivity index (χ2n) is 5.26. The number of aromatic nitrogens is 3. The molecule has 2 heterocycles. The van der Waals surface area contributed by atoms with Crippen LogP contribution < -0.4 is 11.0 Å². The summed E-state index contributed by atoms with van der Waals surface area (Å²) in [5.74, 6) is 1.29. The Bertz CT molecular complexity index is 460. The molecule has 0 unspecified atom stereocenters. The van der Waals surface area contributed by atoms with Crippen LogP contribution in [-0.4, -0.2) is 40.7 Å². The first-order valence-corrected chi connectivity index (χ1v) is 7.73. The minimum atomic E-state index is -0.00632. The van der Waals surface area contributed by atoms with Gasteiger partial charge < -0.3 is 10.1 Å². The highest BCUT2D eigenvalue weighted by atomic mass is 16.5. The van der Waals surface area contributed by atoms with Gasteiger partial charge in [-0.15, -0.1) is 0 Å². The summed E-state index contributed by atoms with van der Waals surface area (Å²) in [6.45, 7) is 8.58. The summed E-state index contributed by atoms with van der Waals surface area (Å²) in [6, 6.07) is 0. The van der Waals surface area contributed by atoms with E-state index in [2.05, 4.69) is 17.3 Å². The maximum atomic E-state index is 12.3. The SMILES string of the molecule is CCCOCCn1nc([C@@H]2CCCNC2)n(CC)c1=O. The average molecular weight is 282 g/mol. The predicted molar refractivity (Wildman–Crippen MR) is 78.1 cm³/mol. The van der Waals surface area contributed by atoms with Crippen LogP contribution in [0.15, 0.2) is 4.79 Å². The molecule has 114 valence electrons. The Labute approximate surface area is 120 Å². The van der Waals surface area contributed by atoms with E-state index in [9.17, 15) is 4.79 Å². The van der Waals surface area contributed by atoms with Crippen molar-refractivity contribution in [1.29, 1.82) is 0 Å². The zero-order valence-electron chi connectivity index (χ0n) is 12.6. The summed E-state index contributed by atoms with van der Waals surface area (Å²) in [5, 5.41) is 7.93. The van der Waals surface area contributed by atoms with Gasteiger partial charge in [-0.3, -0.25) is 4.57 Å². The standard InChI is InChI=1S/C14H26N4O2/c1-3-9-20-10-8-18-14(19)17(4-2)13(16-18)12-6-5-7-15-11-12/h12,15H,3-11H2,1-2H3/t12-/m1/s1. The van der Waals surface area contributed by atoms with Crippen molar-refractivity contribution >= 4 is 0 Å². The van der Waals surface area contributed by atoms with Gasteiger partial charge in [-0.05, 0) is 32.7 Å². The summed E-state index contributed by atoms with van der Waals surface area (Å²) >= 11 is 0. The molecule has 6 heteroatoms. The zero-order chi connectivity index (χ0) is 14.4. The van der Waals surface area contributed by atoms with Crippen LogP contribution in [-0.2, 0) is 17.8 Å². The van der Waals surface area contributed by atoms with E-state index >= 15 is 0 Å². The van der Waals surface area contributed by atoms with Crippen molar-refractivity contribution in [2.75, 3.05) is 26.3 Å². The van der Waals surface area contributed by atoms with E-state index in [0.717, 1.165) is 44.8 Å². The van der Waals surface area contributed by atoms with Crippen molar-refractivity contribution < 1.29 is 4.74 Å². The van der Waals surface area contributed by atoms with Crippen LogP contribution in [0.25, 0.3) is 0 Å². The predicted octanol–water partition coefficient (Wildman–Crippen LogP) is 0.958. The minimum Gasteiger partial charge on any atom is -0.380 e. The van der Waals surface area contributed by atoms with Crippen molar-refractivity contribution in [3.05, 3.63) is 16.3 Å².